The van der Waals surface area contributed by atoms with Crippen LogP contribution < -0.4 is 4.90 Å². The summed E-state index contributed by atoms with van der Waals surface area (Å²) in [5.74, 6) is 0.728. The smallest absolute Gasteiger partial charge is 0.187 e. The summed E-state index contributed by atoms with van der Waals surface area (Å²) >= 11 is 6.92. The summed E-state index contributed by atoms with van der Waals surface area (Å²) in [4.78, 5) is 1.93. The molecule has 0 bridgehead atoms. The normalized spacial score (nSPS) is 10.4. The molecule has 6 heteroatoms. The Kier molecular flexibility index (Phi) is 4.41. The van der Waals surface area contributed by atoms with E-state index in [-0.39, 0.29) is 0 Å². The Bertz CT molecular complexity index is 256. The SMILES string of the molecule is CCOCCN(C)c1nsnc1Cl. The number of nitrogens with zero attached hydrogens (tertiary/aromatic N) is 3. The summed E-state index contributed by atoms with van der Waals surface area (Å²) < 4.78 is 13.2. The maximum atomic E-state index is 5.80. The number of likely N-dealkylation sites (N-methyl/N-ethyl adjacent to an activating group) is 1. The molecule has 13 heavy (non-hydrogen) atoms. The third-order valence-electron chi connectivity index (χ3n) is 1.57. The molecule has 1 heterocycles. The largest absolute Gasteiger partial charge is 0.380 e. The molecule has 74 valence electrons. The Morgan fingerprint density at radius 2 is 2.31 bits per heavy atom. The summed E-state index contributed by atoms with van der Waals surface area (Å²) in [7, 11) is 1.92. The molecule has 0 spiro atoms. The minimum Gasteiger partial charge on any atom is -0.380 e. The van der Waals surface area contributed by atoms with Crippen molar-refractivity contribution in [3.63, 3.8) is 0 Å². The monoisotopic (exact) mass is 221 g/mol. The van der Waals surface area contributed by atoms with Gasteiger partial charge in [-0.2, -0.15) is 8.75 Å². The summed E-state index contributed by atoms with van der Waals surface area (Å²) in [5.41, 5.74) is 0. The van der Waals surface area contributed by atoms with E-state index in [0.29, 0.717) is 11.8 Å². The van der Waals surface area contributed by atoms with Crippen LogP contribution in [0, 0.1) is 0 Å². The van der Waals surface area contributed by atoms with Gasteiger partial charge >= 0.3 is 0 Å². The molecule has 0 radical (unpaired) electrons. The van der Waals surface area contributed by atoms with Crippen LogP contribution in [0.5, 0.6) is 0 Å². The lowest BCUT2D eigenvalue weighted by atomic mass is 10.5. The highest BCUT2D eigenvalue weighted by atomic mass is 35.5. The molecule has 0 atom stereocenters. The summed E-state index contributed by atoms with van der Waals surface area (Å²) in [6.45, 7) is 4.16. The fraction of sp³-hybridized carbons (Fsp3) is 0.714. The lowest BCUT2D eigenvalue weighted by Crippen LogP contribution is -2.23. The third-order valence-corrected chi connectivity index (χ3v) is 2.44. The number of halogens is 1. The van der Waals surface area contributed by atoms with E-state index < -0.39 is 0 Å². The molecule has 0 N–H and O–H groups in total. The zero-order valence-electron chi connectivity index (χ0n) is 7.66. The maximum absolute atomic E-state index is 5.80. The van der Waals surface area contributed by atoms with Crippen LogP contribution in [0.15, 0.2) is 0 Å². The number of aromatic nitrogens is 2. The number of rotatable bonds is 5. The highest BCUT2D eigenvalue weighted by molar-refractivity contribution is 6.99. The van der Waals surface area contributed by atoms with Crippen molar-refractivity contribution in [2.45, 2.75) is 6.92 Å². The van der Waals surface area contributed by atoms with E-state index in [4.69, 9.17) is 16.3 Å². The van der Waals surface area contributed by atoms with Gasteiger partial charge in [0.25, 0.3) is 0 Å². The van der Waals surface area contributed by atoms with Crippen LogP contribution in [0.4, 0.5) is 5.82 Å². The van der Waals surface area contributed by atoms with Gasteiger partial charge in [0.1, 0.15) is 0 Å². The molecule has 0 aliphatic rings. The Morgan fingerprint density at radius 3 is 2.85 bits per heavy atom. The Labute approximate surface area is 86.8 Å². The lowest BCUT2D eigenvalue weighted by molar-refractivity contribution is 0.154. The lowest BCUT2D eigenvalue weighted by Gasteiger charge is -2.15. The Balaban J connectivity index is 2.39. The predicted octanol–water partition coefficient (Wildman–Crippen LogP) is 1.66. The van der Waals surface area contributed by atoms with Crippen molar-refractivity contribution in [3.8, 4) is 0 Å². The molecule has 1 rings (SSSR count). The van der Waals surface area contributed by atoms with E-state index in [9.17, 15) is 0 Å². The van der Waals surface area contributed by atoms with Gasteiger partial charge < -0.3 is 9.64 Å². The van der Waals surface area contributed by atoms with Crippen molar-refractivity contribution in [1.82, 2.24) is 8.75 Å². The van der Waals surface area contributed by atoms with Crippen molar-refractivity contribution in [2.75, 3.05) is 31.7 Å². The number of hydrogen-bond acceptors (Lipinski definition) is 5. The van der Waals surface area contributed by atoms with Crippen molar-refractivity contribution < 1.29 is 4.74 Å². The highest BCUT2D eigenvalue weighted by Gasteiger charge is 2.09. The first-order valence-corrected chi connectivity index (χ1v) is 5.13. The van der Waals surface area contributed by atoms with E-state index in [0.717, 1.165) is 30.7 Å². The van der Waals surface area contributed by atoms with E-state index in [1.807, 2.05) is 18.9 Å². The van der Waals surface area contributed by atoms with Gasteiger partial charge in [-0.25, -0.2) is 0 Å². The van der Waals surface area contributed by atoms with Gasteiger partial charge in [-0.15, -0.1) is 0 Å². The Hall–Kier alpha value is -0.390. The van der Waals surface area contributed by atoms with E-state index in [1.54, 1.807) is 0 Å². The highest BCUT2D eigenvalue weighted by Crippen LogP contribution is 2.20. The molecule has 0 saturated heterocycles. The quantitative estimate of drug-likeness (QED) is 0.709. The van der Waals surface area contributed by atoms with Gasteiger partial charge in [-0.3, -0.25) is 0 Å². The summed E-state index contributed by atoms with van der Waals surface area (Å²) in [6.07, 6.45) is 0. The van der Waals surface area contributed by atoms with Crippen LogP contribution in [0.25, 0.3) is 0 Å². The Morgan fingerprint density at radius 1 is 1.54 bits per heavy atom. The van der Waals surface area contributed by atoms with E-state index in [1.165, 1.54) is 0 Å². The first-order valence-electron chi connectivity index (χ1n) is 4.02. The molecule has 0 unspecified atom stereocenters. The molecule has 1 aromatic rings. The van der Waals surface area contributed by atoms with Crippen LogP contribution in [-0.4, -0.2) is 35.6 Å². The molecular formula is C7H12ClN3OS. The van der Waals surface area contributed by atoms with Crippen LogP contribution >= 0.6 is 23.3 Å². The second-order valence-corrected chi connectivity index (χ2v) is 3.38. The topological polar surface area (TPSA) is 38.2 Å². The second-order valence-electron chi connectivity index (χ2n) is 2.50. The van der Waals surface area contributed by atoms with Crippen LogP contribution in [0.1, 0.15) is 6.92 Å². The van der Waals surface area contributed by atoms with Gasteiger partial charge in [0.2, 0.25) is 0 Å². The predicted molar refractivity (Wildman–Crippen MR) is 54.7 cm³/mol. The molecule has 0 saturated carbocycles. The molecule has 0 aliphatic carbocycles. The average molecular weight is 222 g/mol. The first-order chi connectivity index (χ1) is 6.25. The number of anilines is 1. The molecular weight excluding hydrogens is 210 g/mol. The van der Waals surface area contributed by atoms with Crippen molar-refractivity contribution in [3.05, 3.63) is 5.15 Å². The van der Waals surface area contributed by atoms with Crippen LogP contribution in [0.3, 0.4) is 0 Å². The minimum absolute atomic E-state index is 0.462. The fourth-order valence-electron chi connectivity index (χ4n) is 0.852. The van der Waals surface area contributed by atoms with Crippen LogP contribution in [-0.2, 0) is 4.74 Å². The molecule has 0 aliphatic heterocycles. The zero-order chi connectivity index (χ0) is 9.68. The molecule has 0 aromatic carbocycles. The third kappa shape index (κ3) is 3.10. The first kappa shape index (κ1) is 10.7. The second kappa shape index (κ2) is 5.36. The zero-order valence-corrected chi connectivity index (χ0v) is 9.23. The van der Waals surface area contributed by atoms with E-state index in [2.05, 4.69) is 8.75 Å². The van der Waals surface area contributed by atoms with Gasteiger partial charge in [-0.1, -0.05) is 11.6 Å². The number of ether oxygens (including phenoxy) is 1. The fourth-order valence-corrected chi connectivity index (χ4v) is 1.68. The maximum Gasteiger partial charge on any atom is 0.187 e. The standard InChI is InChI=1S/C7H12ClN3OS/c1-3-12-5-4-11(2)7-6(8)9-13-10-7/h3-5H2,1-2H3. The van der Waals surface area contributed by atoms with Gasteiger partial charge in [0.15, 0.2) is 11.0 Å². The van der Waals surface area contributed by atoms with Crippen molar-refractivity contribution in [2.24, 2.45) is 0 Å². The summed E-state index contributed by atoms with van der Waals surface area (Å²) in [5, 5.41) is 0.462. The van der Waals surface area contributed by atoms with Gasteiger partial charge in [0, 0.05) is 20.2 Å². The van der Waals surface area contributed by atoms with Crippen molar-refractivity contribution in [1.29, 1.82) is 0 Å². The average Bonchev–Trinajstić information content (AvgIpc) is 2.52. The summed E-state index contributed by atoms with van der Waals surface area (Å²) in [6, 6.07) is 0. The van der Waals surface area contributed by atoms with Gasteiger partial charge in [0.05, 0.1) is 18.3 Å². The minimum atomic E-state index is 0.462. The molecule has 0 fully saturated rings. The number of hydrogen-bond donors (Lipinski definition) is 0. The molecule has 4 nitrogen and oxygen atoms in total. The molecule has 0 amide bonds. The van der Waals surface area contributed by atoms with E-state index >= 15 is 0 Å². The molecule has 1 aromatic heterocycles. The van der Waals surface area contributed by atoms with Gasteiger partial charge in [-0.05, 0) is 6.92 Å². The van der Waals surface area contributed by atoms with Crippen molar-refractivity contribution >= 4 is 29.1 Å². The van der Waals surface area contributed by atoms with Crippen LogP contribution in [0.2, 0.25) is 5.15 Å².